The maximum absolute atomic E-state index is 12.1. The summed E-state index contributed by atoms with van der Waals surface area (Å²) in [7, 11) is 0. The van der Waals surface area contributed by atoms with E-state index in [9.17, 15) is 4.79 Å². The number of halogens is 2. The predicted molar refractivity (Wildman–Crippen MR) is 74.0 cm³/mol. The van der Waals surface area contributed by atoms with Gasteiger partial charge in [0.15, 0.2) is 0 Å². The van der Waals surface area contributed by atoms with E-state index in [2.05, 4.69) is 15.9 Å². The second-order valence-corrected chi connectivity index (χ2v) is 6.05. The van der Waals surface area contributed by atoms with E-state index in [4.69, 9.17) is 10.5 Å². The smallest absolute Gasteiger partial charge is 0.264 e. The molecule has 1 aliphatic heterocycles. The second kappa shape index (κ2) is 6.70. The number of carbonyl (C=O) groups is 1. The molecular weight excluding hydrogens is 328 g/mol. The summed E-state index contributed by atoms with van der Waals surface area (Å²) in [5.74, 6) is 0.0671. The number of hydrogen-bond donors (Lipinski definition) is 1. The molecule has 1 aromatic heterocycles. The predicted octanol–water partition coefficient (Wildman–Crippen LogP) is 1.73. The lowest BCUT2D eigenvalue weighted by Gasteiger charge is -2.32. The summed E-state index contributed by atoms with van der Waals surface area (Å²) in [5.41, 5.74) is 5.54. The molecule has 17 heavy (non-hydrogen) atoms. The zero-order valence-electron chi connectivity index (χ0n) is 9.10. The van der Waals surface area contributed by atoms with Gasteiger partial charge >= 0.3 is 0 Å². The van der Waals surface area contributed by atoms with Crippen molar-refractivity contribution >= 4 is 45.6 Å². The molecule has 1 atom stereocenters. The number of rotatable bonds is 2. The van der Waals surface area contributed by atoms with Gasteiger partial charge < -0.3 is 15.4 Å². The highest BCUT2D eigenvalue weighted by molar-refractivity contribution is 9.11. The van der Waals surface area contributed by atoms with Crippen molar-refractivity contribution in [3.8, 4) is 0 Å². The van der Waals surface area contributed by atoms with Gasteiger partial charge in [0.05, 0.1) is 21.4 Å². The minimum atomic E-state index is -0.0268. The highest BCUT2D eigenvalue weighted by Crippen LogP contribution is 2.23. The highest BCUT2D eigenvalue weighted by atomic mass is 79.9. The Morgan fingerprint density at radius 2 is 2.41 bits per heavy atom. The zero-order valence-corrected chi connectivity index (χ0v) is 12.3. The largest absolute Gasteiger partial charge is 0.373 e. The Morgan fingerprint density at radius 3 is 3.00 bits per heavy atom. The molecule has 1 fully saturated rings. The third kappa shape index (κ3) is 3.66. The summed E-state index contributed by atoms with van der Waals surface area (Å²) in [6.07, 6.45) is -0.0268. The highest BCUT2D eigenvalue weighted by Gasteiger charge is 2.24. The van der Waals surface area contributed by atoms with Gasteiger partial charge in [0.2, 0.25) is 0 Å². The van der Waals surface area contributed by atoms with E-state index in [-0.39, 0.29) is 24.4 Å². The molecule has 0 aliphatic carbocycles. The van der Waals surface area contributed by atoms with Gasteiger partial charge in [-0.15, -0.1) is 23.7 Å². The summed E-state index contributed by atoms with van der Waals surface area (Å²) < 4.78 is 6.40. The van der Waals surface area contributed by atoms with Crippen LogP contribution in [0.2, 0.25) is 0 Å². The van der Waals surface area contributed by atoms with Crippen LogP contribution in [0.15, 0.2) is 15.9 Å². The lowest BCUT2D eigenvalue weighted by molar-refractivity contribution is -0.0165. The quantitative estimate of drug-likeness (QED) is 0.891. The first-order chi connectivity index (χ1) is 7.70. The molecule has 1 amide bonds. The molecule has 2 heterocycles. The fourth-order valence-electron chi connectivity index (χ4n) is 1.63. The Labute approximate surface area is 119 Å². The average molecular weight is 342 g/mol. The van der Waals surface area contributed by atoms with E-state index < -0.39 is 0 Å². The molecule has 0 saturated carbocycles. The van der Waals surface area contributed by atoms with Crippen molar-refractivity contribution < 1.29 is 9.53 Å². The standard InChI is InChI=1S/C10H13BrN2O2S.ClH/c11-9-2-1-8(16-9)10(14)13-3-4-15-7(5-12)6-13;/h1-2,7H,3-6,12H2;1H. The Hall–Kier alpha value is -0.140. The van der Waals surface area contributed by atoms with Crippen molar-refractivity contribution in [1.82, 2.24) is 4.90 Å². The number of morpholine rings is 1. The van der Waals surface area contributed by atoms with Crippen molar-refractivity contribution in [1.29, 1.82) is 0 Å². The number of nitrogens with two attached hydrogens (primary N) is 1. The monoisotopic (exact) mass is 340 g/mol. The number of ether oxygens (including phenoxy) is 1. The lowest BCUT2D eigenvalue weighted by Crippen LogP contribution is -2.47. The van der Waals surface area contributed by atoms with Gasteiger partial charge in [-0.05, 0) is 28.1 Å². The van der Waals surface area contributed by atoms with Crippen molar-refractivity contribution in [3.63, 3.8) is 0 Å². The molecule has 4 nitrogen and oxygen atoms in total. The minimum Gasteiger partial charge on any atom is -0.373 e. The summed E-state index contributed by atoms with van der Waals surface area (Å²) in [6, 6.07) is 3.72. The number of nitrogens with zero attached hydrogens (tertiary/aromatic N) is 1. The maximum atomic E-state index is 12.1. The van der Waals surface area contributed by atoms with E-state index in [1.54, 1.807) is 4.90 Å². The second-order valence-electron chi connectivity index (χ2n) is 3.58. The van der Waals surface area contributed by atoms with Gasteiger partial charge in [-0.25, -0.2) is 0 Å². The zero-order chi connectivity index (χ0) is 11.5. The molecule has 2 N–H and O–H groups in total. The van der Waals surface area contributed by atoms with E-state index in [0.29, 0.717) is 26.2 Å². The lowest BCUT2D eigenvalue weighted by atomic mass is 10.2. The number of carbonyl (C=O) groups excluding carboxylic acids is 1. The van der Waals surface area contributed by atoms with Gasteiger partial charge in [-0.1, -0.05) is 0 Å². The SMILES string of the molecule is Cl.NCC1CN(C(=O)c2ccc(Br)s2)CCO1. The van der Waals surface area contributed by atoms with E-state index in [1.165, 1.54) is 11.3 Å². The number of hydrogen-bond acceptors (Lipinski definition) is 4. The minimum absolute atomic E-state index is 0. The molecule has 1 saturated heterocycles. The molecular formula is C10H14BrClN2O2S. The first-order valence-corrected chi connectivity index (χ1v) is 6.68. The van der Waals surface area contributed by atoms with Crippen LogP contribution < -0.4 is 5.73 Å². The third-order valence-corrected chi connectivity index (χ3v) is 4.08. The van der Waals surface area contributed by atoms with Crippen LogP contribution in [0.25, 0.3) is 0 Å². The summed E-state index contributed by atoms with van der Waals surface area (Å²) >= 11 is 4.80. The van der Waals surface area contributed by atoms with Crippen LogP contribution in [0.5, 0.6) is 0 Å². The first-order valence-electron chi connectivity index (χ1n) is 5.07. The van der Waals surface area contributed by atoms with Crippen molar-refractivity contribution in [2.45, 2.75) is 6.10 Å². The fourth-order valence-corrected chi connectivity index (χ4v) is 2.99. The molecule has 0 bridgehead atoms. The van der Waals surface area contributed by atoms with E-state index in [1.807, 2.05) is 12.1 Å². The molecule has 96 valence electrons. The summed E-state index contributed by atoms with van der Waals surface area (Å²) in [6.45, 7) is 2.26. The molecule has 2 rings (SSSR count). The Balaban J connectivity index is 0.00000144. The van der Waals surface area contributed by atoms with Gasteiger partial charge in [0.1, 0.15) is 0 Å². The molecule has 1 aromatic rings. The first kappa shape index (κ1) is 14.9. The average Bonchev–Trinajstić information content (AvgIpc) is 2.75. The van der Waals surface area contributed by atoms with Crippen LogP contribution in [-0.2, 0) is 4.74 Å². The third-order valence-electron chi connectivity index (χ3n) is 2.47. The van der Waals surface area contributed by atoms with Crippen molar-refractivity contribution in [3.05, 3.63) is 20.8 Å². The van der Waals surface area contributed by atoms with Crippen LogP contribution in [0.1, 0.15) is 9.67 Å². The van der Waals surface area contributed by atoms with Crippen molar-refractivity contribution in [2.24, 2.45) is 5.73 Å². The molecule has 0 aromatic carbocycles. The van der Waals surface area contributed by atoms with Crippen molar-refractivity contribution in [2.75, 3.05) is 26.2 Å². The molecule has 1 aliphatic rings. The van der Waals surface area contributed by atoms with E-state index >= 15 is 0 Å². The van der Waals surface area contributed by atoms with E-state index in [0.717, 1.165) is 8.66 Å². The molecule has 0 spiro atoms. The summed E-state index contributed by atoms with van der Waals surface area (Å²) in [4.78, 5) is 14.7. The van der Waals surface area contributed by atoms with Gasteiger partial charge in [0, 0.05) is 19.6 Å². The van der Waals surface area contributed by atoms with Crippen LogP contribution >= 0.6 is 39.7 Å². The van der Waals surface area contributed by atoms with Gasteiger partial charge in [0.25, 0.3) is 5.91 Å². The number of amides is 1. The topological polar surface area (TPSA) is 55.6 Å². The van der Waals surface area contributed by atoms with Crippen LogP contribution in [0, 0.1) is 0 Å². The van der Waals surface area contributed by atoms with Crippen LogP contribution in [0.4, 0.5) is 0 Å². The van der Waals surface area contributed by atoms with Crippen LogP contribution in [-0.4, -0.2) is 43.2 Å². The Bertz CT molecular complexity index is 388. The number of thiophene rings is 1. The normalized spacial score (nSPS) is 19.9. The Morgan fingerprint density at radius 1 is 1.65 bits per heavy atom. The molecule has 1 unspecified atom stereocenters. The maximum Gasteiger partial charge on any atom is 0.264 e. The molecule has 0 radical (unpaired) electrons. The Kier molecular flexibility index (Phi) is 5.88. The summed E-state index contributed by atoms with van der Waals surface area (Å²) in [5, 5.41) is 0. The van der Waals surface area contributed by atoms with Gasteiger partial charge in [-0.2, -0.15) is 0 Å². The molecule has 7 heteroatoms. The van der Waals surface area contributed by atoms with Crippen LogP contribution in [0.3, 0.4) is 0 Å². The fraction of sp³-hybridized carbons (Fsp3) is 0.500. The van der Waals surface area contributed by atoms with Gasteiger partial charge in [-0.3, -0.25) is 4.79 Å².